The Morgan fingerprint density at radius 3 is 2.71 bits per heavy atom. The predicted octanol–water partition coefficient (Wildman–Crippen LogP) is 2.97. The van der Waals surface area contributed by atoms with E-state index >= 15 is 0 Å². The number of halogens is 1. The van der Waals surface area contributed by atoms with Gasteiger partial charge in [-0.25, -0.2) is 4.98 Å². The summed E-state index contributed by atoms with van der Waals surface area (Å²) in [6.45, 7) is 8.07. The van der Waals surface area contributed by atoms with Crippen molar-refractivity contribution in [2.24, 2.45) is 5.92 Å². The van der Waals surface area contributed by atoms with Crippen LogP contribution >= 0.6 is 23.4 Å². The minimum Gasteiger partial charge on any atom is -0.306 e. The summed E-state index contributed by atoms with van der Waals surface area (Å²) in [5, 5.41) is 0.555. The molecule has 3 nitrogen and oxygen atoms in total. The van der Waals surface area contributed by atoms with Gasteiger partial charge in [0.1, 0.15) is 0 Å². The van der Waals surface area contributed by atoms with Gasteiger partial charge < -0.3 is 4.57 Å². The van der Waals surface area contributed by atoms with Gasteiger partial charge in [-0.2, -0.15) is 0 Å². The molecule has 0 saturated carbocycles. The SMILES string of the molecule is CC(CCl)CSc1nccn(C(C)(C)C)c1=O. The maximum absolute atomic E-state index is 12.2. The molecule has 1 atom stereocenters. The van der Waals surface area contributed by atoms with Crippen molar-refractivity contribution in [3.63, 3.8) is 0 Å². The number of alkyl halides is 1. The van der Waals surface area contributed by atoms with Crippen molar-refractivity contribution in [3.05, 3.63) is 22.7 Å². The fourth-order valence-corrected chi connectivity index (χ4v) is 2.44. The molecule has 1 aromatic heterocycles. The smallest absolute Gasteiger partial charge is 0.283 e. The molecule has 0 radical (unpaired) electrons. The highest BCUT2D eigenvalue weighted by molar-refractivity contribution is 7.99. The normalized spacial score (nSPS) is 13.7. The molecular weight excluding hydrogens is 256 g/mol. The van der Waals surface area contributed by atoms with E-state index < -0.39 is 0 Å². The van der Waals surface area contributed by atoms with Gasteiger partial charge in [-0.1, -0.05) is 6.92 Å². The number of thioether (sulfide) groups is 1. The Labute approximate surface area is 112 Å². The maximum atomic E-state index is 12.2. The van der Waals surface area contributed by atoms with E-state index in [2.05, 4.69) is 11.9 Å². The third kappa shape index (κ3) is 4.03. The van der Waals surface area contributed by atoms with E-state index in [0.29, 0.717) is 16.8 Å². The zero-order chi connectivity index (χ0) is 13.1. The number of aromatic nitrogens is 2. The van der Waals surface area contributed by atoms with Crippen LogP contribution in [0.1, 0.15) is 27.7 Å². The molecule has 5 heteroatoms. The number of nitrogens with zero attached hydrogens (tertiary/aromatic N) is 2. The maximum Gasteiger partial charge on any atom is 0.283 e. The Bertz CT molecular complexity index is 425. The van der Waals surface area contributed by atoms with Crippen LogP contribution < -0.4 is 5.56 Å². The standard InChI is InChI=1S/C12H19ClN2OS/c1-9(7-13)8-17-10-11(16)15(6-5-14-10)12(2,3)4/h5-6,9H,7-8H2,1-4H3. The first-order chi connectivity index (χ1) is 7.86. The molecule has 17 heavy (non-hydrogen) atoms. The van der Waals surface area contributed by atoms with E-state index in [0.717, 1.165) is 5.75 Å². The van der Waals surface area contributed by atoms with Crippen LogP contribution in [-0.2, 0) is 5.54 Å². The second-order valence-corrected chi connectivity index (χ2v) is 6.47. The Morgan fingerprint density at radius 2 is 2.18 bits per heavy atom. The van der Waals surface area contributed by atoms with E-state index in [1.807, 2.05) is 20.8 Å². The molecule has 1 rings (SSSR count). The zero-order valence-electron chi connectivity index (χ0n) is 10.7. The highest BCUT2D eigenvalue weighted by Crippen LogP contribution is 2.17. The lowest BCUT2D eigenvalue weighted by Gasteiger charge is -2.22. The molecule has 96 valence electrons. The zero-order valence-corrected chi connectivity index (χ0v) is 12.3. The van der Waals surface area contributed by atoms with Crippen LogP contribution in [0.25, 0.3) is 0 Å². The second kappa shape index (κ2) is 5.91. The molecule has 0 saturated heterocycles. The molecule has 0 amide bonds. The van der Waals surface area contributed by atoms with E-state index in [1.165, 1.54) is 11.8 Å². The fraction of sp³-hybridized carbons (Fsp3) is 0.667. The van der Waals surface area contributed by atoms with Gasteiger partial charge in [0.05, 0.1) is 0 Å². The lowest BCUT2D eigenvalue weighted by molar-refractivity contribution is 0.377. The second-order valence-electron chi connectivity index (χ2n) is 5.15. The first kappa shape index (κ1) is 14.6. The average molecular weight is 275 g/mol. The van der Waals surface area contributed by atoms with Crippen molar-refractivity contribution < 1.29 is 0 Å². The molecule has 0 aliphatic rings. The van der Waals surface area contributed by atoms with Gasteiger partial charge in [-0.05, 0) is 26.7 Å². The summed E-state index contributed by atoms with van der Waals surface area (Å²) in [6, 6.07) is 0. The van der Waals surface area contributed by atoms with Crippen LogP contribution in [0.4, 0.5) is 0 Å². The Hall–Kier alpha value is -0.480. The number of hydrogen-bond acceptors (Lipinski definition) is 3. The number of hydrogen-bond donors (Lipinski definition) is 0. The first-order valence-electron chi connectivity index (χ1n) is 5.63. The predicted molar refractivity (Wildman–Crippen MR) is 74.1 cm³/mol. The molecule has 1 heterocycles. The van der Waals surface area contributed by atoms with Crippen molar-refractivity contribution >= 4 is 23.4 Å². The Kier molecular flexibility index (Phi) is 5.07. The van der Waals surface area contributed by atoms with Gasteiger partial charge in [-0.3, -0.25) is 4.79 Å². The largest absolute Gasteiger partial charge is 0.306 e. The summed E-state index contributed by atoms with van der Waals surface area (Å²) in [5.74, 6) is 1.80. The van der Waals surface area contributed by atoms with Gasteiger partial charge in [0.2, 0.25) is 0 Å². The molecule has 0 bridgehead atoms. The van der Waals surface area contributed by atoms with Crippen molar-refractivity contribution in [1.82, 2.24) is 9.55 Å². The van der Waals surface area contributed by atoms with Crippen LogP contribution in [0, 0.1) is 5.92 Å². The van der Waals surface area contributed by atoms with E-state index in [-0.39, 0.29) is 11.1 Å². The third-order valence-corrected chi connectivity index (χ3v) is 4.12. The first-order valence-corrected chi connectivity index (χ1v) is 7.15. The topological polar surface area (TPSA) is 34.9 Å². The van der Waals surface area contributed by atoms with Gasteiger partial charge >= 0.3 is 0 Å². The van der Waals surface area contributed by atoms with E-state index in [9.17, 15) is 4.79 Å². The van der Waals surface area contributed by atoms with E-state index in [1.54, 1.807) is 17.0 Å². The Morgan fingerprint density at radius 1 is 1.53 bits per heavy atom. The fourth-order valence-electron chi connectivity index (χ4n) is 1.29. The molecular formula is C12H19ClN2OS. The van der Waals surface area contributed by atoms with Crippen molar-refractivity contribution in [2.45, 2.75) is 38.3 Å². The Balaban J connectivity index is 2.92. The quantitative estimate of drug-likeness (QED) is 0.625. The molecule has 0 aliphatic carbocycles. The minimum atomic E-state index is -0.215. The monoisotopic (exact) mass is 274 g/mol. The van der Waals surface area contributed by atoms with Crippen molar-refractivity contribution in [2.75, 3.05) is 11.6 Å². The average Bonchev–Trinajstić information content (AvgIpc) is 2.25. The van der Waals surface area contributed by atoms with Crippen LogP contribution in [0.2, 0.25) is 0 Å². The molecule has 1 unspecified atom stereocenters. The van der Waals surface area contributed by atoms with Gasteiger partial charge in [0.25, 0.3) is 5.56 Å². The molecule has 0 spiro atoms. The van der Waals surface area contributed by atoms with Crippen LogP contribution in [0.15, 0.2) is 22.2 Å². The molecule has 0 aliphatic heterocycles. The van der Waals surface area contributed by atoms with Gasteiger partial charge in [0.15, 0.2) is 5.03 Å². The lowest BCUT2D eigenvalue weighted by atomic mass is 10.1. The summed E-state index contributed by atoms with van der Waals surface area (Å²) >= 11 is 7.23. The summed E-state index contributed by atoms with van der Waals surface area (Å²) in [5.41, 5.74) is -0.236. The molecule has 0 aromatic carbocycles. The van der Waals surface area contributed by atoms with Crippen LogP contribution in [0.3, 0.4) is 0 Å². The highest BCUT2D eigenvalue weighted by Gasteiger charge is 2.17. The van der Waals surface area contributed by atoms with Gasteiger partial charge in [-0.15, -0.1) is 23.4 Å². The summed E-state index contributed by atoms with van der Waals surface area (Å²) in [7, 11) is 0. The summed E-state index contributed by atoms with van der Waals surface area (Å²) in [4.78, 5) is 16.3. The van der Waals surface area contributed by atoms with Gasteiger partial charge in [0, 0.05) is 29.6 Å². The molecule has 0 fully saturated rings. The molecule has 1 aromatic rings. The van der Waals surface area contributed by atoms with Crippen molar-refractivity contribution in [1.29, 1.82) is 0 Å². The highest BCUT2D eigenvalue weighted by atomic mass is 35.5. The van der Waals surface area contributed by atoms with Crippen LogP contribution in [0.5, 0.6) is 0 Å². The molecule has 0 N–H and O–H groups in total. The number of rotatable bonds is 4. The van der Waals surface area contributed by atoms with Crippen molar-refractivity contribution in [3.8, 4) is 0 Å². The summed E-state index contributed by atoms with van der Waals surface area (Å²) in [6.07, 6.45) is 3.41. The third-order valence-electron chi connectivity index (χ3n) is 2.30. The van der Waals surface area contributed by atoms with E-state index in [4.69, 9.17) is 11.6 Å². The lowest BCUT2D eigenvalue weighted by Crippen LogP contribution is -2.34. The van der Waals surface area contributed by atoms with Crippen LogP contribution in [-0.4, -0.2) is 21.2 Å². The minimum absolute atomic E-state index is 0.0215. The summed E-state index contributed by atoms with van der Waals surface area (Å²) < 4.78 is 1.72.